The van der Waals surface area contributed by atoms with Gasteiger partial charge < -0.3 is 13.6 Å². The monoisotopic (exact) mass is 670 g/mol. The molecule has 250 valence electrons. The lowest BCUT2D eigenvalue weighted by Crippen LogP contribution is -2.17. The molecule has 0 bridgehead atoms. The van der Waals surface area contributed by atoms with Gasteiger partial charge in [-0.05, 0) is 88.5 Å². The zero-order valence-corrected chi connectivity index (χ0v) is 29.9. The van der Waals surface area contributed by atoms with Gasteiger partial charge in [-0.25, -0.2) is 0 Å². The minimum absolute atomic E-state index is 0.0929. The standard InChI is InChI=1S/C49H38N2O/c1-48(2)29-49(3,4)38-28-44-36(27-37(38)48)45-32(19-13-26-43(45)52-44)34-21-12-20-33-31-17-8-10-22-39(31)51(47(33)34)42-25-14-24-41-46(42)35-18-9-11-23-40(35)50(41)30-15-6-5-7-16-30/h5-28H,29H2,1-4H3. The molecule has 0 spiro atoms. The molecule has 0 unspecified atom stereocenters. The first-order chi connectivity index (χ1) is 25.3. The van der Waals surface area contributed by atoms with Crippen LogP contribution in [-0.4, -0.2) is 9.13 Å². The number of benzene rings is 7. The van der Waals surface area contributed by atoms with Crippen LogP contribution in [0.25, 0.3) is 88.1 Å². The molecule has 10 aromatic rings. The van der Waals surface area contributed by atoms with Gasteiger partial charge in [0.1, 0.15) is 11.2 Å². The lowest BCUT2D eigenvalue weighted by molar-refractivity contribution is 0.403. The summed E-state index contributed by atoms with van der Waals surface area (Å²) in [6.07, 6.45) is 1.12. The molecule has 52 heavy (non-hydrogen) atoms. The van der Waals surface area contributed by atoms with Gasteiger partial charge in [0.2, 0.25) is 0 Å². The van der Waals surface area contributed by atoms with Crippen molar-refractivity contribution in [3.05, 3.63) is 157 Å². The number of nitrogens with zero attached hydrogens (tertiary/aromatic N) is 2. The van der Waals surface area contributed by atoms with E-state index < -0.39 is 0 Å². The van der Waals surface area contributed by atoms with Gasteiger partial charge in [0.25, 0.3) is 0 Å². The topological polar surface area (TPSA) is 23.0 Å². The van der Waals surface area contributed by atoms with Crippen molar-refractivity contribution < 1.29 is 4.42 Å². The third-order valence-electron chi connectivity index (χ3n) is 11.9. The van der Waals surface area contributed by atoms with Crippen LogP contribution in [0.4, 0.5) is 0 Å². The third kappa shape index (κ3) is 3.91. The van der Waals surface area contributed by atoms with Crippen LogP contribution >= 0.6 is 0 Å². The molecule has 0 fully saturated rings. The third-order valence-corrected chi connectivity index (χ3v) is 11.9. The summed E-state index contributed by atoms with van der Waals surface area (Å²) in [7, 11) is 0. The summed E-state index contributed by atoms with van der Waals surface area (Å²) in [5.41, 5.74) is 14.5. The maximum Gasteiger partial charge on any atom is 0.136 e. The quantitative estimate of drug-likeness (QED) is 0.183. The SMILES string of the molecule is CC1(C)CC(C)(C)c2cc3c(cc21)oc1cccc(-c2cccc4c5ccccc5n(-c5cccc6c5c5ccccc5n6-c5ccccc5)c24)c13. The summed E-state index contributed by atoms with van der Waals surface area (Å²) in [4.78, 5) is 0. The summed E-state index contributed by atoms with van der Waals surface area (Å²) in [6, 6.07) is 53.4. The smallest absolute Gasteiger partial charge is 0.136 e. The molecular weight excluding hydrogens is 633 g/mol. The Bertz CT molecular complexity index is 3090. The maximum atomic E-state index is 6.73. The molecule has 1 aliphatic rings. The fraction of sp³-hybridized carbons (Fsp3) is 0.143. The number of fused-ring (bicyclic) bond motifs is 10. The van der Waals surface area contributed by atoms with Crippen LogP contribution in [0, 0.1) is 0 Å². The van der Waals surface area contributed by atoms with E-state index in [2.05, 4.69) is 182 Å². The number of para-hydroxylation sites is 4. The largest absolute Gasteiger partial charge is 0.456 e. The van der Waals surface area contributed by atoms with Crippen molar-refractivity contribution in [2.45, 2.75) is 44.9 Å². The highest BCUT2D eigenvalue weighted by Gasteiger charge is 2.42. The molecule has 3 aromatic heterocycles. The van der Waals surface area contributed by atoms with Crippen molar-refractivity contribution in [1.82, 2.24) is 9.13 Å². The van der Waals surface area contributed by atoms with E-state index in [1.807, 2.05) is 0 Å². The molecule has 0 amide bonds. The highest BCUT2D eigenvalue weighted by atomic mass is 16.3. The second kappa shape index (κ2) is 10.3. The van der Waals surface area contributed by atoms with Gasteiger partial charge in [-0.3, -0.25) is 0 Å². The zero-order chi connectivity index (χ0) is 34.9. The molecule has 3 nitrogen and oxygen atoms in total. The molecule has 0 saturated carbocycles. The predicted molar refractivity (Wildman–Crippen MR) is 219 cm³/mol. The van der Waals surface area contributed by atoms with Gasteiger partial charge in [0.15, 0.2) is 0 Å². The Labute approximate surface area is 302 Å². The molecule has 11 rings (SSSR count). The Kier molecular flexibility index (Phi) is 5.85. The molecular formula is C49H38N2O. The van der Waals surface area contributed by atoms with Gasteiger partial charge in [-0.2, -0.15) is 0 Å². The van der Waals surface area contributed by atoms with Gasteiger partial charge in [-0.15, -0.1) is 0 Å². The van der Waals surface area contributed by atoms with Crippen LogP contribution in [0.3, 0.4) is 0 Å². The van der Waals surface area contributed by atoms with E-state index in [0.29, 0.717) is 0 Å². The summed E-state index contributed by atoms with van der Waals surface area (Å²) in [5, 5.41) is 7.35. The molecule has 0 N–H and O–H groups in total. The molecule has 3 heteroatoms. The Morgan fingerprint density at radius 2 is 1.08 bits per heavy atom. The van der Waals surface area contributed by atoms with Crippen LogP contribution in [0.1, 0.15) is 45.2 Å². The highest BCUT2D eigenvalue weighted by Crippen LogP contribution is 2.52. The normalized spacial score (nSPS) is 15.2. The minimum Gasteiger partial charge on any atom is -0.456 e. The fourth-order valence-electron chi connectivity index (χ4n) is 10.0. The minimum atomic E-state index is 0.0929. The first kappa shape index (κ1) is 29.6. The maximum absolute atomic E-state index is 6.73. The molecule has 0 aliphatic heterocycles. The van der Waals surface area contributed by atoms with E-state index in [1.165, 1.54) is 82.3 Å². The number of hydrogen-bond donors (Lipinski definition) is 0. The average Bonchev–Trinajstić information content (AvgIpc) is 3.85. The summed E-state index contributed by atoms with van der Waals surface area (Å²) in [5.74, 6) is 0. The van der Waals surface area contributed by atoms with E-state index in [9.17, 15) is 0 Å². The first-order valence-corrected chi connectivity index (χ1v) is 18.4. The number of aromatic nitrogens is 2. The number of furan rings is 1. The predicted octanol–water partition coefficient (Wildman–Crippen LogP) is 13.4. The number of hydrogen-bond acceptors (Lipinski definition) is 1. The van der Waals surface area contributed by atoms with Crippen LogP contribution in [0.5, 0.6) is 0 Å². The fourth-order valence-corrected chi connectivity index (χ4v) is 10.0. The second-order valence-corrected chi connectivity index (χ2v) is 16.0. The molecule has 7 aromatic carbocycles. The van der Waals surface area contributed by atoms with E-state index in [4.69, 9.17) is 4.42 Å². The van der Waals surface area contributed by atoms with Crippen molar-refractivity contribution in [2.75, 3.05) is 0 Å². The van der Waals surface area contributed by atoms with Crippen molar-refractivity contribution >= 4 is 65.6 Å². The summed E-state index contributed by atoms with van der Waals surface area (Å²) >= 11 is 0. The Morgan fingerprint density at radius 3 is 1.88 bits per heavy atom. The van der Waals surface area contributed by atoms with Crippen LogP contribution < -0.4 is 0 Å². The Hall–Kier alpha value is -6.06. The average molecular weight is 671 g/mol. The molecule has 1 aliphatic carbocycles. The molecule has 0 radical (unpaired) electrons. The van der Waals surface area contributed by atoms with Crippen molar-refractivity contribution in [3.63, 3.8) is 0 Å². The Balaban J connectivity index is 1.27. The first-order valence-electron chi connectivity index (χ1n) is 18.4. The Morgan fingerprint density at radius 1 is 0.462 bits per heavy atom. The summed E-state index contributed by atoms with van der Waals surface area (Å²) < 4.78 is 11.7. The van der Waals surface area contributed by atoms with E-state index in [0.717, 1.165) is 23.3 Å². The zero-order valence-electron chi connectivity index (χ0n) is 29.9. The van der Waals surface area contributed by atoms with Crippen molar-refractivity contribution in [2.24, 2.45) is 0 Å². The molecule has 0 saturated heterocycles. The van der Waals surface area contributed by atoms with Crippen molar-refractivity contribution in [1.29, 1.82) is 0 Å². The van der Waals surface area contributed by atoms with Gasteiger partial charge in [0, 0.05) is 43.6 Å². The van der Waals surface area contributed by atoms with E-state index in [1.54, 1.807) is 0 Å². The number of rotatable bonds is 3. The van der Waals surface area contributed by atoms with E-state index in [-0.39, 0.29) is 10.8 Å². The van der Waals surface area contributed by atoms with Crippen molar-refractivity contribution in [3.8, 4) is 22.5 Å². The lowest BCUT2D eigenvalue weighted by Gasteiger charge is -2.22. The molecule has 0 atom stereocenters. The summed E-state index contributed by atoms with van der Waals surface area (Å²) in [6.45, 7) is 9.53. The highest BCUT2D eigenvalue weighted by molar-refractivity contribution is 6.21. The second-order valence-electron chi connectivity index (χ2n) is 16.0. The van der Waals surface area contributed by atoms with Crippen LogP contribution in [-0.2, 0) is 10.8 Å². The lowest BCUT2D eigenvalue weighted by atomic mass is 9.82. The van der Waals surface area contributed by atoms with Gasteiger partial charge in [0.05, 0.1) is 27.8 Å². The van der Waals surface area contributed by atoms with Crippen LogP contribution in [0.15, 0.2) is 150 Å². The van der Waals surface area contributed by atoms with Crippen LogP contribution in [0.2, 0.25) is 0 Å². The van der Waals surface area contributed by atoms with Gasteiger partial charge in [-0.1, -0.05) is 119 Å². The van der Waals surface area contributed by atoms with Gasteiger partial charge >= 0.3 is 0 Å². The molecule has 3 heterocycles. The van der Waals surface area contributed by atoms with E-state index >= 15 is 0 Å².